The second kappa shape index (κ2) is 5.47. The number of nitrogens with one attached hydrogen (secondary N) is 1. The molecular weight excluding hydrogens is 250 g/mol. The maximum absolute atomic E-state index is 5.43. The fourth-order valence-electron chi connectivity index (χ4n) is 3.47. The minimum Gasteiger partial charge on any atom is -0.339 e. The molecule has 2 heterocycles. The number of aromatic nitrogens is 2. The first-order valence-electron chi connectivity index (χ1n) is 8.05. The Hall–Kier alpha value is -0.900. The second-order valence-electron chi connectivity index (χ2n) is 7.69. The summed E-state index contributed by atoms with van der Waals surface area (Å²) in [5.74, 6) is 3.85. The molecule has 1 saturated carbocycles. The summed E-state index contributed by atoms with van der Waals surface area (Å²) in [6.45, 7) is 9.26. The molecule has 0 spiro atoms. The first-order valence-corrected chi connectivity index (χ1v) is 8.05. The van der Waals surface area contributed by atoms with E-state index in [0.717, 1.165) is 37.1 Å². The highest BCUT2D eigenvalue weighted by atomic mass is 16.5. The van der Waals surface area contributed by atoms with E-state index in [2.05, 4.69) is 36.2 Å². The van der Waals surface area contributed by atoms with Crippen LogP contribution in [0.5, 0.6) is 0 Å². The van der Waals surface area contributed by atoms with E-state index in [9.17, 15) is 0 Å². The Balaban J connectivity index is 1.55. The summed E-state index contributed by atoms with van der Waals surface area (Å²) in [6, 6.07) is 0. The van der Waals surface area contributed by atoms with Crippen molar-refractivity contribution in [3.8, 4) is 0 Å². The van der Waals surface area contributed by atoms with Gasteiger partial charge < -0.3 is 9.84 Å². The molecule has 2 fully saturated rings. The SMILES string of the molecule is CC(C)(C)C1CCC(c2noc(CC3CNC3)n2)CC1. The lowest BCUT2D eigenvalue weighted by Gasteiger charge is -2.36. The molecule has 4 heteroatoms. The summed E-state index contributed by atoms with van der Waals surface area (Å²) in [5, 5.41) is 7.51. The van der Waals surface area contributed by atoms with Gasteiger partial charge in [-0.25, -0.2) is 0 Å². The topological polar surface area (TPSA) is 51.0 Å². The first kappa shape index (κ1) is 14.1. The highest BCUT2D eigenvalue weighted by molar-refractivity contribution is 5.00. The largest absolute Gasteiger partial charge is 0.339 e. The van der Waals surface area contributed by atoms with Crippen LogP contribution in [0.4, 0.5) is 0 Å². The van der Waals surface area contributed by atoms with Crippen LogP contribution in [0.25, 0.3) is 0 Å². The Morgan fingerprint density at radius 2 is 1.85 bits per heavy atom. The Kier molecular flexibility index (Phi) is 3.85. The van der Waals surface area contributed by atoms with Crippen LogP contribution in [0.2, 0.25) is 0 Å². The quantitative estimate of drug-likeness (QED) is 0.922. The zero-order valence-electron chi connectivity index (χ0n) is 13.0. The number of hydrogen-bond donors (Lipinski definition) is 1. The molecule has 4 nitrogen and oxygen atoms in total. The van der Waals surface area contributed by atoms with E-state index in [0.29, 0.717) is 17.3 Å². The molecule has 20 heavy (non-hydrogen) atoms. The van der Waals surface area contributed by atoms with Crippen LogP contribution in [0.15, 0.2) is 4.52 Å². The van der Waals surface area contributed by atoms with Gasteiger partial charge in [0.1, 0.15) is 0 Å². The van der Waals surface area contributed by atoms with Gasteiger partial charge in [-0.1, -0.05) is 25.9 Å². The molecule has 0 amide bonds. The summed E-state index contributed by atoms with van der Waals surface area (Å²) < 4.78 is 5.43. The van der Waals surface area contributed by atoms with Gasteiger partial charge in [-0.15, -0.1) is 0 Å². The minimum atomic E-state index is 0.435. The first-order chi connectivity index (χ1) is 9.52. The molecule has 2 aliphatic rings. The van der Waals surface area contributed by atoms with Crippen LogP contribution in [-0.2, 0) is 6.42 Å². The third-order valence-corrected chi connectivity index (χ3v) is 5.13. The molecule has 0 radical (unpaired) electrons. The van der Waals surface area contributed by atoms with Crippen molar-refractivity contribution in [3.05, 3.63) is 11.7 Å². The lowest BCUT2D eigenvalue weighted by atomic mass is 9.70. The maximum Gasteiger partial charge on any atom is 0.227 e. The smallest absolute Gasteiger partial charge is 0.227 e. The molecule has 0 unspecified atom stereocenters. The van der Waals surface area contributed by atoms with Crippen LogP contribution in [-0.4, -0.2) is 23.2 Å². The fourth-order valence-corrected chi connectivity index (χ4v) is 3.47. The van der Waals surface area contributed by atoms with Crippen LogP contribution < -0.4 is 5.32 Å². The van der Waals surface area contributed by atoms with Crippen molar-refractivity contribution in [3.63, 3.8) is 0 Å². The molecule has 1 N–H and O–H groups in total. The van der Waals surface area contributed by atoms with E-state index >= 15 is 0 Å². The number of nitrogens with zero attached hydrogens (tertiary/aromatic N) is 2. The van der Waals surface area contributed by atoms with Gasteiger partial charge in [0.05, 0.1) is 0 Å². The normalized spacial score (nSPS) is 28.4. The summed E-state index contributed by atoms with van der Waals surface area (Å²) in [7, 11) is 0. The average Bonchev–Trinajstić information content (AvgIpc) is 2.82. The van der Waals surface area contributed by atoms with Crippen LogP contribution in [0.1, 0.15) is 64.1 Å². The fraction of sp³-hybridized carbons (Fsp3) is 0.875. The van der Waals surface area contributed by atoms with Gasteiger partial charge in [0, 0.05) is 12.3 Å². The van der Waals surface area contributed by atoms with Crippen molar-refractivity contribution in [2.24, 2.45) is 17.3 Å². The molecule has 112 valence electrons. The minimum absolute atomic E-state index is 0.435. The molecule has 0 aromatic carbocycles. The van der Waals surface area contributed by atoms with E-state index in [1.54, 1.807) is 0 Å². The van der Waals surface area contributed by atoms with E-state index < -0.39 is 0 Å². The van der Waals surface area contributed by atoms with Crippen LogP contribution in [0.3, 0.4) is 0 Å². The predicted molar refractivity (Wildman–Crippen MR) is 78.5 cm³/mol. The molecule has 1 saturated heterocycles. The van der Waals surface area contributed by atoms with E-state index in [-0.39, 0.29) is 0 Å². The van der Waals surface area contributed by atoms with Crippen LogP contribution in [0, 0.1) is 17.3 Å². The lowest BCUT2D eigenvalue weighted by molar-refractivity contribution is 0.166. The molecule has 0 atom stereocenters. The zero-order chi connectivity index (χ0) is 14.2. The Morgan fingerprint density at radius 3 is 2.40 bits per heavy atom. The molecule has 1 aromatic heterocycles. The van der Waals surface area contributed by atoms with Crippen molar-refractivity contribution in [2.45, 2.75) is 58.8 Å². The predicted octanol–water partition coefficient (Wildman–Crippen LogP) is 3.15. The second-order valence-corrected chi connectivity index (χ2v) is 7.69. The van der Waals surface area contributed by atoms with Gasteiger partial charge >= 0.3 is 0 Å². The van der Waals surface area contributed by atoms with Crippen molar-refractivity contribution in [1.82, 2.24) is 15.5 Å². The van der Waals surface area contributed by atoms with Crippen molar-refractivity contribution in [1.29, 1.82) is 0 Å². The third-order valence-electron chi connectivity index (χ3n) is 5.13. The molecule has 1 aromatic rings. The van der Waals surface area contributed by atoms with Crippen molar-refractivity contribution in [2.75, 3.05) is 13.1 Å². The standard InChI is InChI=1S/C16H27N3O/c1-16(2,3)13-6-4-12(5-7-13)15-18-14(20-19-15)8-11-9-17-10-11/h11-13,17H,4-10H2,1-3H3. The van der Waals surface area contributed by atoms with Gasteiger partial charge in [-0.3, -0.25) is 0 Å². The summed E-state index contributed by atoms with van der Waals surface area (Å²) in [5.41, 5.74) is 0.435. The summed E-state index contributed by atoms with van der Waals surface area (Å²) in [6.07, 6.45) is 5.96. The molecule has 3 rings (SSSR count). The van der Waals surface area contributed by atoms with Gasteiger partial charge in [0.25, 0.3) is 0 Å². The van der Waals surface area contributed by atoms with E-state index in [1.807, 2.05) is 0 Å². The third kappa shape index (κ3) is 3.05. The molecule has 1 aliphatic carbocycles. The van der Waals surface area contributed by atoms with E-state index in [4.69, 9.17) is 4.52 Å². The van der Waals surface area contributed by atoms with Gasteiger partial charge in [-0.05, 0) is 56.0 Å². The Morgan fingerprint density at radius 1 is 1.15 bits per heavy atom. The van der Waals surface area contributed by atoms with Crippen molar-refractivity contribution < 1.29 is 4.52 Å². The van der Waals surface area contributed by atoms with Gasteiger partial charge in [0.2, 0.25) is 5.89 Å². The Bertz CT molecular complexity index is 437. The molecule has 0 bridgehead atoms. The lowest BCUT2D eigenvalue weighted by Crippen LogP contribution is -2.43. The average molecular weight is 277 g/mol. The maximum atomic E-state index is 5.43. The number of rotatable bonds is 3. The molecular formula is C16H27N3O. The molecule has 1 aliphatic heterocycles. The highest BCUT2D eigenvalue weighted by Crippen LogP contribution is 2.42. The Labute approximate surface area is 121 Å². The number of hydrogen-bond acceptors (Lipinski definition) is 4. The summed E-state index contributed by atoms with van der Waals surface area (Å²) in [4.78, 5) is 4.64. The zero-order valence-corrected chi connectivity index (χ0v) is 13.0. The monoisotopic (exact) mass is 277 g/mol. The van der Waals surface area contributed by atoms with Crippen molar-refractivity contribution >= 4 is 0 Å². The van der Waals surface area contributed by atoms with Crippen LogP contribution >= 0.6 is 0 Å². The highest BCUT2D eigenvalue weighted by Gasteiger charge is 2.32. The van der Waals surface area contributed by atoms with Gasteiger partial charge in [0.15, 0.2) is 5.82 Å². The van der Waals surface area contributed by atoms with E-state index in [1.165, 1.54) is 25.7 Å². The van der Waals surface area contributed by atoms with Gasteiger partial charge in [-0.2, -0.15) is 4.98 Å². The summed E-state index contributed by atoms with van der Waals surface area (Å²) >= 11 is 0.